The van der Waals surface area contributed by atoms with Crippen LogP contribution in [0.2, 0.25) is 0 Å². The van der Waals surface area contributed by atoms with Gasteiger partial charge in [-0.05, 0) is 56.3 Å². The van der Waals surface area contributed by atoms with Gasteiger partial charge in [0.2, 0.25) is 5.91 Å². The molecule has 5 aromatic carbocycles. The van der Waals surface area contributed by atoms with Crippen LogP contribution in [0.1, 0.15) is 18.4 Å². The van der Waals surface area contributed by atoms with Crippen molar-refractivity contribution in [3.8, 4) is 11.3 Å². The van der Waals surface area contributed by atoms with Crippen molar-refractivity contribution in [3.63, 3.8) is 0 Å². The van der Waals surface area contributed by atoms with E-state index >= 15 is 0 Å². The Kier molecular flexibility index (Phi) is 6.65. The van der Waals surface area contributed by atoms with Crippen LogP contribution in [0.3, 0.4) is 0 Å². The van der Waals surface area contributed by atoms with Crippen molar-refractivity contribution in [2.75, 3.05) is 11.9 Å². The summed E-state index contributed by atoms with van der Waals surface area (Å²) >= 11 is 0. The Bertz CT molecular complexity index is 1760. The number of aromatic nitrogens is 2. The van der Waals surface area contributed by atoms with Crippen LogP contribution in [-0.4, -0.2) is 39.8 Å². The number of nitrogens with one attached hydrogen (secondary N) is 3. The number of H-pyrrole nitrogens is 1. The Morgan fingerprint density at radius 1 is 0.846 bits per heavy atom. The fourth-order valence-electron chi connectivity index (χ4n) is 5.28. The molecule has 6 aromatic rings. The first-order valence-electron chi connectivity index (χ1n) is 13.1. The van der Waals surface area contributed by atoms with Crippen LogP contribution < -0.4 is 10.6 Å². The first-order chi connectivity index (χ1) is 19.1. The molecule has 0 aliphatic heterocycles. The number of rotatable bonds is 9. The Morgan fingerprint density at radius 3 is 2.33 bits per heavy atom. The van der Waals surface area contributed by atoms with E-state index in [1.54, 1.807) is 6.07 Å². The molecule has 6 rings (SSSR count). The second-order valence-electron chi connectivity index (χ2n) is 9.76. The lowest BCUT2D eigenvalue weighted by atomic mass is 9.90. The number of hydrogen-bond acceptors (Lipinski definition) is 4. The third kappa shape index (κ3) is 4.92. The highest BCUT2D eigenvalue weighted by molar-refractivity contribution is 6.23. The molecule has 0 saturated heterocycles. The van der Waals surface area contributed by atoms with Gasteiger partial charge in [0.15, 0.2) is 5.82 Å². The minimum absolute atomic E-state index is 0.242. The zero-order valence-electron chi connectivity index (χ0n) is 21.3. The summed E-state index contributed by atoms with van der Waals surface area (Å²) in [6, 6.07) is 29.5. The molecule has 7 heteroatoms. The van der Waals surface area contributed by atoms with E-state index < -0.39 is 18.6 Å². The van der Waals surface area contributed by atoms with Gasteiger partial charge in [0.05, 0.1) is 12.3 Å². The lowest BCUT2D eigenvalue weighted by molar-refractivity contribution is -0.127. The van der Waals surface area contributed by atoms with Gasteiger partial charge >= 0.3 is 0 Å². The average molecular weight is 517 g/mol. The molecule has 1 aromatic heterocycles. The van der Waals surface area contributed by atoms with E-state index in [9.17, 15) is 14.7 Å². The summed E-state index contributed by atoms with van der Waals surface area (Å²) in [5, 5.41) is 29.5. The topological polar surface area (TPSA) is 107 Å². The fourth-order valence-corrected chi connectivity index (χ4v) is 5.28. The van der Waals surface area contributed by atoms with Gasteiger partial charge in [-0.25, -0.2) is 0 Å². The third-order valence-corrected chi connectivity index (χ3v) is 7.22. The summed E-state index contributed by atoms with van der Waals surface area (Å²) in [6.07, 6.45) is 1.59. The normalized spacial score (nSPS) is 12.2. The van der Waals surface area contributed by atoms with Crippen molar-refractivity contribution in [1.82, 2.24) is 15.5 Å². The molecule has 2 amide bonds. The van der Waals surface area contributed by atoms with E-state index in [0.29, 0.717) is 12.2 Å². The van der Waals surface area contributed by atoms with Gasteiger partial charge in [0, 0.05) is 12.5 Å². The molecule has 0 aliphatic rings. The van der Waals surface area contributed by atoms with Crippen LogP contribution in [0, 0.1) is 0 Å². The number of nitrogens with zero attached hydrogens (tertiary/aromatic N) is 1. The molecule has 0 saturated carbocycles. The van der Waals surface area contributed by atoms with Crippen LogP contribution >= 0.6 is 0 Å². The van der Waals surface area contributed by atoms with Gasteiger partial charge in [0.1, 0.15) is 6.04 Å². The van der Waals surface area contributed by atoms with Crippen molar-refractivity contribution in [2.24, 2.45) is 0 Å². The molecule has 194 valence electrons. The molecule has 1 unspecified atom stereocenters. The number of carbonyl (C=O) groups excluding carboxylic acids is 2. The van der Waals surface area contributed by atoms with E-state index in [0.717, 1.165) is 17.7 Å². The Hall–Kier alpha value is -4.75. The standard InChI is InChI=1S/C32H28N4O3/c37-19-27(32(39)34-28-18-26(35-36-28)21-6-2-1-3-7-21)33-29(38)11-5-8-20-12-13-24-15-14-22-9-4-10-23-16-17-25(20)31(24)30(22)23/h1-4,6-7,9-10,12-18,27,37H,5,8,11,19H2,(H,33,38)(H2,34,35,36,39). The molecule has 1 atom stereocenters. The minimum atomic E-state index is -1.07. The molecule has 0 bridgehead atoms. The van der Waals surface area contributed by atoms with Crippen molar-refractivity contribution in [3.05, 3.63) is 96.6 Å². The third-order valence-electron chi connectivity index (χ3n) is 7.22. The van der Waals surface area contributed by atoms with Crippen LogP contribution in [0.25, 0.3) is 43.6 Å². The highest BCUT2D eigenvalue weighted by Gasteiger charge is 2.21. The number of aliphatic hydroxyl groups is 1. The van der Waals surface area contributed by atoms with E-state index in [1.807, 2.05) is 30.3 Å². The summed E-state index contributed by atoms with van der Waals surface area (Å²) in [5.74, 6) is -0.488. The Morgan fingerprint density at radius 2 is 1.56 bits per heavy atom. The first-order valence-corrected chi connectivity index (χ1v) is 13.1. The molecular weight excluding hydrogens is 488 g/mol. The summed E-state index contributed by atoms with van der Waals surface area (Å²) in [6.45, 7) is -0.511. The van der Waals surface area contributed by atoms with Crippen molar-refractivity contribution < 1.29 is 14.7 Å². The van der Waals surface area contributed by atoms with E-state index in [1.165, 1.54) is 37.9 Å². The van der Waals surface area contributed by atoms with Gasteiger partial charge in [-0.1, -0.05) is 84.9 Å². The lowest BCUT2D eigenvalue weighted by Crippen LogP contribution is -2.46. The van der Waals surface area contributed by atoms with Gasteiger partial charge in [-0.15, -0.1) is 0 Å². The van der Waals surface area contributed by atoms with Crippen molar-refractivity contribution >= 4 is 49.9 Å². The minimum Gasteiger partial charge on any atom is -0.394 e. The van der Waals surface area contributed by atoms with Gasteiger partial charge in [-0.2, -0.15) is 5.10 Å². The molecule has 4 N–H and O–H groups in total. The highest BCUT2D eigenvalue weighted by atomic mass is 16.3. The van der Waals surface area contributed by atoms with Crippen molar-refractivity contribution in [1.29, 1.82) is 0 Å². The predicted octanol–water partition coefficient (Wildman–Crippen LogP) is 5.41. The Labute approximate surface area is 225 Å². The maximum Gasteiger partial charge on any atom is 0.250 e. The molecule has 0 radical (unpaired) electrons. The zero-order valence-corrected chi connectivity index (χ0v) is 21.3. The first kappa shape index (κ1) is 24.6. The summed E-state index contributed by atoms with van der Waals surface area (Å²) in [4.78, 5) is 25.4. The maximum atomic E-state index is 12.7. The van der Waals surface area contributed by atoms with E-state index in [4.69, 9.17) is 0 Å². The lowest BCUT2D eigenvalue weighted by Gasteiger charge is -2.16. The molecule has 1 heterocycles. The maximum absolute atomic E-state index is 12.7. The van der Waals surface area contributed by atoms with Crippen LogP contribution in [0.15, 0.2) is 91.0 Å². The summed E-state index contributed by atoms with van der Waals surface area (Å²) in [7, 11) is 0. The van der Waals surface area contributed by atoms with Gasteiger partial charge in [-0.3, -0.25) is 14.7 Å². The van der Waals surface area contributed by atoms with Crippen LogP contribution in [0.4, 0.5) is 5.82 Å². The second-order valence-corrected chi connectivity index (χ2v) is 9.76. The van der Waals surface area contributed by atoms with Crippen LogP contribution in [-0.2, 0) is 16.0 Å². The number of carbonyl (C=O) groups is 2. The van der Waals surface area contributed by atoms with E-state index in [-0.39, 0.29) is 12.3 Å². The molecule has 7 nitrogen and oxygen atoms in total. The number of aliphatic hydroxyl groups excluding tert-OH is 1. The monoisotopic (exact) mass is 516 g/mol. The molecule has 0 aliphatic carbocycles. The average Bonchev–Trinajstić information content (AvgIpc) is 3.44. The number of aromatic amines is 1. The zero-order chi connectivity index (χ0) is 26.8. The smallest absolute Gasteiger partial charge is 0.250 e. The summed E-state index contributed by atoms with van der Waals surface area (Å²) < 4.78 is 0. The van der Waals surface area contributed by atoms with Gasteiger partial charge < -0.3 is 15.7 Å². The molecule has 0 fully saturated rings. The Balaban J connectivity index is 1.08. The van der Waals surface area contributed by atoms with Gasteiger partial charge in [0.25, 0.3) is 5.91 Å². The van der Waals surface area contributed by atoms with E-state index in [2.05, 4.69) is 75.4 Å². The van der Waals surface area contributed by atoms with Crippen molar-refractivity contribution in [2.45, 2.75) is 25.3 Å². The molecule has 0 spiro atoms. The largest absolute Gasteiger partial charge is 0.394 e. The number of amides is 2. The quantitative estimate of drug-likeness (QED) is 0.193. The number of benzene rings is 5. The number of anilines is 1. The van der Waals surface area contributed by atoms with Crippen LogP contribution in [0.5, 0.6) is 0 Å². The number of aryl methyl sites for hydroxylation is 1. The number of hydrogen-bond donors (Lipinski definition) is 4. The predicted molar refractivity (Wildman–Crippen MR) is 155 cm³/mol. The fraction of sp³-hybridized carbons (Fsp3) is 0.156. The molecule has 39 heavy (non-hydrogen) atoms. The second kappa shape index (κ2) is 10.6. The summed E-state index contributed by atoms with van der Waals surface area (Å²) in [5.41, 5.74) is 2.88. The SMILES string of the molecule is O=C(CCCc1ccc2ccc3cccc4ccc1c2c34)NC(CO)C(=O)Nc1cc(-c2ccccc2)[nH]n1. The highest BCUT2D eigenvalue weighted by Crippen LogP contribution is 2.36. The molecular formula is C32H28N4O3.